The van der Waals surface area contributed by atoms with Crippen LogP contribution < -0.4 is 10.6 Å². The van der Waals surface area contributed by atoms with Gasteiger partial charge in [0.05, 0.1) is 19.0 Å². The topological polar surface area (TPSA) is 76.0 Å². The van der Waals surface area contributed by atoms with Gasteiger partial charge in [-0.05, 0) is 29.7 Å². The summed E-state index contributed by atoms with van der Waals surface area (Å²) in [5, 5.41) is 10.1. The van der Waals surface area contributed by atoms with E-state index in [0.717, 1.165) is 22.3 Å². The summed E-state index contributed by atoms with van der Waals surface area (Å²) in [6.45, 7) is 4.54. The van der Waals surface area contributed by atoms with E-state index in [-0.39, 0.29) is 24.3 Å². The molecular formula is C23H26N4O2. The zero-order valence-electron chi connectivity index (χ0n) is 16.8. The van der Waals surface area contributed by atoms with Gasteiger partial charge in [0.1, 0.15) is 0 Å². The summed E-state index contributed by atoms with van der Waals surface area (Å²) in [5.41, 5.74) is 4.20. The molecule has 1 heterocycles. The van der Waals surface area contributed by atoms with Crippen molar-refractivity contribution in [3.05, 3.63) is 89.2 Å². The van der Waals surface area contributed by atoms with Gasteiger partial charge in [-0.25, -0.2) is 0 Å². The van der Waals surface area contributed by atoms with Crippen molar-refractivity contribution in [3.63, 3.8) is 0 Å². The Labute approximate surface area is 170 Å². The zero-order valence-corrected chi connectivity index (χ0v) is 16.8. The van der Waals surface area contributed by atoms with Crippen LogP contribution in [0.5, 0.6) is 0 Å². The lowest BCUT2D eigenvalue weighted by Crippen LogP contribution is -2.32. The van der Waals surface area contributed by atoms with Gasteiger partial charge in [0.25, 0.3) is 0 Å². The highest BCUT2D eigenvalue weighted by Gasteiger charge is 2.17. The van der Waals surface area contributed by atoms with E-state index in [2.05, 4.69) is 15.7 Å². The summed E-state index contributed by atoms with van der Waals surface area (Å²) in [5.74, 6) is -0.272. The van der Waals surface area contributed by atoms with Crippen LogP contribution in [-0.4, -0.2) is 21.6 Å². The average molecular weight is 390 g/mol. The minimum absolute atomic E-state index is 0.113. The van der Waals surface area contributed by atoms with Crippen molar-refractivity contribution in [2.45, 2.75) is 39.4 Å². The Bertz CT molecular complexity index is 949. The standard InChI is InChI=1S/C23H26N4O2/c1-17-8-10-19(11-9-17)22(26-18(2)28)14-23(29)24-15-20-6-3-4-7-21(20)16-27-13-5-12-25-27/h3-13,22H,14-16H2,1-2H3,(H,24,29)(H,26,28). The molecule has 0 saturated heterocycles. The summed E-state index contributed by atoms with van der Waals surface area (Å²) < 4.78 is 1.85. The molecule has 6 heteroatoms. The third-order valence-corrected chi connectivity index (χ3v) is 4.73. The summed E-state index contributed by atoms with van der Waals surface area (Å²) in [7, 11) is 0. The highest BCUT2D eigenvalue weighted by molar-refractivity contribution is 5.79. The number of rotatable bonds is 8. The van der Waals surface area contributed by atoms with Crippen LogP contribution in [-0.2, 0) is 22.7 Å². The number of aryl methyl sites for hydroxylation is 1. The van der Waals surface area contributed by atoms with Crippen LogP contribution in [0.4, 0.5) is 0 Å². The first-order chi connectivity index (χ1) is 14.0. The third-order valence-electron chi connectivity index (χ3n) is 4.73. The molecule has 0 aliphatic carbocycles. The molecule has 0 aliphatic heterocycles. The monoisotopic (exact) mass is 390 g/mol. The van der Waals surface area contributed by atoms with Gasteiger partial charge in [0, 0.05) is 25.9 Å². The number of nitrogens with zero attached hydrogens (tertiary/aromatic N) is 2. The van der Waals surface area contributed by atoms with E-state index in [4.69, 9.17) is 0 Å². The van der Waals surface area contributed by atoms with Crippen LogP contribution in [0.3, 0.4) is 0 Å². The average Bonchev–Trinajstić information content (AvgIpc) is 3.20. The maximum atomic E-state index is 12.6. The van der Waals surface area contributed by atoms with Crippen molar-refractivity contribution in [1.29, 1.82) is 0 Å². The summed E-state index contributed by atoms with van der Waals surface area (Å²) in [6, 6.07) is 17.4. The molecule has 2 aromatic carbocycles. The fourth-order valence-corrected chi connectivity index (χ4v) is 3.20. The number of carbonyl (C=O) groups is 2. The van der Waals surface area contributed by atoms with Gasteiger partial charge in [0.15, 0.2) is 0 Å². The van der Waals surface area contributed by atoms with Gasteiger partial charge < -0.3 is 10.6 Å². The summed E-state index contributed by atoms with van der Waals surface area (Å²) in [4.78, 5) is 24.2. The number of aromatic nitrogens is 2. The van der Waals surface area contributed by atoms with Crippen LogP contribution in [0.25, 0.3) is 0 Å². The van der Waals surface area contributed by atoms with Crippen LogP contribution in [0.15, 0.2) is 67.0 Å². The lowest BCUT2D eigenvalue weighted by molar-refractivity contribution is -0.122. The molecule has 1 atom stereocenters. The minimum atomic E-state index is -0.354. The molecule has 3 rings (SSSR count). The van der Waals surface area contributed by atoms with Crippen LogP contribution in [0.2, 0.25) is 0 Å². The number of amides is 2. The molecule has 2 N–H and O–H groups in total. The molecule has 1 unspecified atom stereocenters. The van der Waals surface area contributed by atoms with Crippen molar-refractivity contribution < 1.29 is 9.59 Å². The minimum Gasteiger partial charge on any atom is -0.352 e. The first-order valence-corrected chi connectivity index (χ1v) is 9.66. The van der Waals surface area contributed by atoms with Gasteiger partial charge >= 0.3 is 0 Å². The van der Waals surface area contributed by atoms with Gasteiger partial charge in [0.2, 0.25) is 11.8 Å². The van der Waals surface area contributed by atoms with Crippen LogP contribution in [0.1, 0.15) is 41.6 Å². The highest BCUT2D eigenvalue weighted by atomic mass is 16.2. The fourth-order valence-electron chi connectivity index (χ4n) is 3.20. The third kappa shape index (κ3) is 6.04. The van der Waals surface area contributed by atoms with Crippen molar-refractivity contribution in [2.24, 2.45) is 0 Å². The quantitative estimate of drug-likeness (QED) is 0.620. The predicted molar refractivity (Wildman–Crippen MR) is 112 cm³/mol. The van der Waals surface area contributed by atoms with Crippen LogP contribution >= 0.6 is 0 Å². The Kier molecular flexibility index (Phi) is 6.79. The van der Waals surface area contributed by atoms with Crippen molar-refractivity contribution in [1.82, 2.24) is 20.4 Å². The predicted octanol–water partition coefficient (Wildman–Crippen LogP) is 3.12. The molecule has 0 bridgehead atoms. The molecule has 1 aromatic heterocycles. The van der Waals surface area contributed by atoms with Gasteiger partial charge in [-0.2, -0.15) is 5.10 Å². The summed E-state index contributed by atoms with van der Waals surface area (Å²) >= 11 is 0. The van der Waals surface area contributed by atoms with Gasteiger partial charge in [-0.1, -0.05) is 54.1 Å². The van der Waals surface area contributed by atoms with Gasteiger partial charge in [-0.15, -0.1) is 0 Å². The molecule has 0 aliphatic rings. The number of carbonyl (C=O) groups excluding carboxylic acids is 2. The molecule has 29 heavy (non-hydrogen) atoms. The number of hydrogen-bond acceptors (Lipinski definition) is 3. The molecule has 3 aromatic rings. The van der Waals surface area contributed by atoms with E-state index >= 15 is 0 Å². The van der Waals surface area contributed by atoms with E-state index < -0.39 is 0 Å². The second kappa shape index (κ2) is 9.68. The number of benzene rings is 2. The molecular weight excluding hydrogens is 364 g/mol. The Morgan fingerprint density at radius 1 is 1.03 bits per heavy atom. The van der Waals surface area contributed by atoms with E-state index in [1.54, 1.807) is 6.20 Å². The molecule has 0 fully saturated rings. The zero-order chi connectivity index (χ0) is 20.6. The Hall–Kier alpha value is -3.41. The Balaban J connectivity index is 1.63. The SMILES string of the molecule is CC(=O)NC(CC(=O)NCc1ccccc1Cn1cccn1)c1ccc(C)cc1. The molecule has 2 amide bonds. The van der Waals surface area contributed by atoms with E-state index in [0.29, 0.717) is 13.1 Å². The first-order valence-electron chi connectivity index (χ1n) is 9.66. The number of hydrogen-bond donors (Lipinski definition) is 2. The Morgan fingerprint density at radius 2 is 1.76 bits per heavy atom. The maximum absolute atomic E-state index is 12.6. The normalized spacial score (nSPS) is 11.7. The lowest BCUT2D eigenvalue weighted by atomic mass is 10.0. The number of nitrogens with one attached hydrogen (secondary N) is 2. The van der Waals surface area contributed by atoms with E-state index in [1.807, 2.05) is 72.4 Å². The first kappa shape index (κ1) is 20.3. The summed E-state index contributed by atoms with van der Waals surface area (Å²) in [6.07, 6.45) is 3.84. The second-order valence-corrected chi connectivity index (χ2v) is 7.12. The molecule has 0 saturated carbocycles. The van der Waals surface area contributed by atoms with E-state index in [1.165, 1.54) is 6.92 Å². The highest BCUT2D eigenvalue weighted by Crippen LogP contribution is 2.18. The largest absolute Gasteiger partial charge is 0.352 e. The van der Waals surface area contributed by atoms with E-state index in [9.17, 15) is 9.59 Å². The molecule has 6 nitrogen and oxygen atoms in total. The molecule has 0 spiro atoms. The van der Waals surface area contributed by atoms with Gasteiger partial charge in [-0.3, -0.25) is 14.3 Å². The Morgan fingerprint density at radius 3 is 2.41 bits per heavy atom. The fraction of sp³-hybridized carbons (Fsp3) is 0.261. The lowest BCUT2D eigenvalue weighted by Gasteiger charge is -2.19. The smallest absolute Gasteiger partial charge is 0.222 e. The molecule has 150 valence electrons. The maximum Gasteiger partial charge on any atom is 0.222 e. The van der Waals surface area contributed by atoms with Crippen LogP contribution in [0, 0.1) is 6.92 Å². The van der Waals surface area contributed by atoms with Crippen molar-refractivity contribution in [3.8, 4) is 0 Å². The van der Waals surface area contributed by atoms with Crippen molar-refractivity contribution in [2.75, 3.05) is 0 Å². The molecule has 0 radical (unpaired) electrons. The second-order valence-electron chi connectivity index (χ2n) is 7.12. The van der Waals surface area contributed by atoms with Crippen molar-refractivity contribution >= 4 is 11.8 Å².